The Morgan fingerprint density at radius 3 is 2.14 bits per heavy atom. The zero-order chi connectivity index (χ0) is 28.6. The van der Waals surface area contributed by atoms with Crippen molar-refractivity contribution in [3.05, 3.63) is 102 Å². The molecule has 0 atom stereocenters. The monoisotopic (exact) mass is 564 g/mol. The van der Waals surface area contributed by atoms with Gasteiger partial charge in [0.05, 0.1) is 32.7 Å². The molecule has 8 nitrogen and oxygen atoms in total. The smallest absolute Gasteiger partial charge is 0.371 e. The molecule has 0 N–H and O–H groups in total. The van der Waals surface area contributed by atoms with Crippen LogP contribution in [0, 0.1) is 0 Å². The highest BCUT2D eigenvalue weighted by atomic mass is 15.5. The normalized spacial score (nSPS) is 19.9. The fraction of sp³-hybridized carbons (Fsp3) is 0.412. The van der Waals surface area contributed by atoms with Gasteiger partial charge >= 0.3 is 5.95 Å². The average Bonchev–Trinajstić information content (AvgIpc) is 3.42. The second kappa shape index (κ2) is 13.4. The van der Waals surface area contributed by atoms with Crippen LogP contribution in [0.1, 0.15) is 30.9 Å². The molecule has 3 aliphatic rings. The Morgan fingerprint density at radius 2 is 1.48 bits per heavy atom. The number of nitrogens with zero attached hydrogens (tertiary/aromatic N) is 8. The van der Waals surface area contributed by atoms with Crippen LogP contribution in [0.5, 0.6) is 0 Å². The standard InChI is InChI=1S/C34H44N8/c1-2-18-39(19-9-23-42-24-20-38(21-25-42)22-26-42)33-16-14-32(15-17-33)36-37-34-40(27-30-10-5-3-6-11-30)29-35-41(34)28-31-12-7-4-8-13-31/h3-8,10-17,29H,2,9,18-28H2,1H3/q+2. The molecule has 2 bridgehead atoms. The fourth-order valence-corrected chi connectivity index (χ4v) is 6.38. The largest absolute Gasteiger partial charge is 0.442 e. The SMILES string of the molecule is CCCN(CCC[N+]12CCN(CC1)CC2)c1ccc(N=Nc2n(Cc3ccccc3)cn[n+]2Cc2ccccc2)cc1. The van der Waals surface area contributed by atoms with Crippen molar-refractivity contribution >= 4 is 17.3 Å². The zero-order valence-corrected chi connectivity index (χ0v) is 24.9. The number of hydrogen-bond acceptors (Lipinski definition) is 5. The minimum absolute atomic E-state index is 0.639. The van der Waals surface area contributed by atoms with Crippen molar-refractivity contribution in [1.29, 1.82) is 0 Å². The summed E-state index contributed by atoms with van der Waals surface area (Å²) < 4.78 is 5.32. The van der Waals surface area contributed by atoms with Crippen molar-refractivity contribution in [3.63, 3.8) is 0 Å². The fourth-order valence-electron chi connectivity index (χ4n) is 6.38. The van der Waals surface area contributed by atoms with Gasteiger partial charge in [0.2, 0.25) is 0 Å². The minimum Gasteiger partial charge on any atom is -0.371 e. The quantitative estimate of drug-likeness (QED) is 0.124. The van der Waals surface area contributed by atoms with Gasteiger partial charge in [0.15, 0.2) is 6.33 Å². The highest BCUT2D eigenvalue weighted by Gasteiger charge is 2.37. The van der Waals surface area contributed by atoms with Crippen LogP contribution in [-0.2, 0) is 13.1 Å². The van der Waals surface area contributed by atoms with Crippen molar-refractivity contribution in [2.75, 3.05) is 63.8 Å². The van der Waals surface area contributed by atoms with E-state index in [-0.39, 0.29) is 0 Å². The van der Waals surface area contributed by atoms with E-state index in [1.807, 2.05) is 23.1 Å². The van der Waals surface area contributed by atoms with Crippen LogP contribution in [0.15, 0.2) is 101 Å². The van der Waals surface area contributed by atoms with Crippen LogP contribution in [0.2, 0.25) is 0 Å². The summed E-state index contributed by atoms with van der Waals surface area (Å²) in [4.78, 5) is 5.17. The molecule has 3 aromatic carbocycles. The Labute approximate surface area is 250 Å². The molecule has 42 heavy (non-hydrogen) atoms. The molecule has 4 aromatic rings. The summed E-state index contributed by atoms with van der Waals surface area (Å²) in [6, 6.07) is 29.4. The molecule has 0 amide bonds. The Morgan fingerprint density at radius 1 is 0.810 bits per heavy atom. The van der Waals surface area contributed by atoms with Gasteiger partial charge in [0, 0.05) is 49.9 Å². The number of azo groups is 1. The average molecular weight is 565 g/mol. The van der Waals surface area contributed by atoms with E-state index in [1.54, 1.807) is 0 Å². The van der Waals surface area contributed by atoms with E-state index in [9.17, 15) is 0 Å². The van der Waals surface area contributed by atoms with E-state index in [0.717, 1.165) is 31.1 Å². The second-order valence-electron chi connectivity index (χ2n) is 11.8. The van der Waals surface area contributed by atoms with Gasteiger partial charge in [-0.25, -0.2) is 4.57 Å². The van der Waals surface area contributed by atoms with Crippen LogP contribution in [0.3, 0.4) is 0 Å². The van der Waals surface area contributed by atoms with Gasteiger partial charge in [-0.2, -0.15) is 0 Å². The Balaban J connectivity index is 1.14. The molecule has 0 radical (unpaired) electrons. The number of hydrogen-bond donors (Lipinski definition) is 0. The highest BCUT2D eigenvalue weighted by molar-refractivity contribution is 5.52. The van der Waals surface area contributed by atoms with E-state index in [0.29, 0.717) is 13.1 Å². The molecule has 7 rings (SSSR count). The number of anilines is 1. The number of aromatic nitrogens is 3. The molecule has 1 aromatic heterocycles. The lowest BCUT2D eigenvalue weighted by Gasteiger charge is -2.50. The maximum atomic E-state index is 4.73. The molecule has 0 saturated carbocycles. The Kier molecular flexibility index (Phi) is 9.01. The first-order valence-corrected chi connectivity index (χ1v) is 15.6. The predicted molar refractivity (Wildman–Crippen MR) is 167 cm³/mol. The molecule has 4 heterocycles. The summed E-state index contributed by atoms with van der Waals surface area (Å²) in [5, 5.41) is 14.1. The minimum atomic E-state index is 0.639. The first-order chi connectivity index (χ1) is 20.7. The van der Waals surface area contributed by atoms with Gasteiger partial charge in [-0.1, -0.05) is 77.8 Å². The van der Waals surface area contributed by atoms with Crippen molar-refractivity contribution in [1.82, 2.24) is 14.6 Å². The van der Waals surface area contributed by atoms with Crippen molar-refractivity contribution in [2.45, 2.75) is 32.9 Å². The zero-order valence-electron chi connectivity index (χ0n) is 24.9. The maximum absolute atomic E-state index is 4.73. The summed E-state index contributed by atoms with van der Waals surface area (Å²) in [6.45, 7) is 15.0. The molecule has 0 spiro atoms. The number of benzene rings is 3. The van der Waals surface area contributed by atoms with Gasteiger partial charge in [0.25, 0.3) is 0 Å². The Hall–Kier alpha value is -3.88. The van der Waals surface area contributed by atoms with Crippen LogP contribution >= 0.6 is 0 Å². The number of piperazine rings is 3. The summed E-state index contributed by atoms with van der Waals surface area (Å²) in [5.74, 6) is 0.727. The lowest BCUT2D eigenvalue weighted by atomic mass is 10.1. The summed E-state index contributed by atoms with van der Waals surface area (Å²) in [6.07, 6.45) is 4.24. The predicted octanol–water partition coefficient (Wildman–Crippen LogP) is 5.44. The van der Waals surface area contributed by atoms with Crippen molar-refractivity contribution in [2.24, 2.45) is 10.2 Å². The third kappa shape index (κ3) is 6.94. The molecule has 218 valence electrons. The number of quaternary nitrogens is 1. The van der Waals surface area contributed by atoms with E-state index in [1.165, 1.54) is 73.5 Å². The maximum Gasteiger partial charge on any atom is 0.442 e. The number of rotatable bonds is 13. The lowest BCUT2D eigenvalue weighted by molar-refractivity contribution is -0.941. The van der Waals surface area contributed by atoms with Crippen LogP contribution in [0.4, 0.5) is 17.3 Å². The number of fused-ring (bicyclic) bond motifs is 3. The van der Waals surface area contributed by atoms with Gasteiger partial charge in [0.1, 0.15) is 12.2 Å². The molecule has 3 fully saturated rings. The molecule has 0 unspecified atom stereocenters. The molecule has 0 aliphatic carbocycles. The van der Waals surface area contributed by atoms with Gasteiger partial charge in [-0.3, -0.25) is 4.90 Å². The van der Waals surface area contributed by atoms with Crippen molar-refractivity contribution in [3.8, 4) is 0 Å². The summed E-state index contributed by atoms with van der Waals surface area (Å²) >= 11 is 0. The third-order valence-corrected chi connectivity index (χ3v) is 8.88. The molecular weight excluding hydrogens is 520 g/mol. The van der Waals surface area contributed by atoms with E-state index in [2.05, 4.69) is 104 Å². The Bertz CT molecular complexity index is 1350. The van der Waals surface area contributed by atoms with Gasteiger partial charge in [-0.15, -0.1) is 4.68 Å². The van der Waals surface area contributed by atoms with Crippen LogP contribution in [-0.4, -0.2) is 78.0 Å². The van der Waals surface area contributed by atoms with Gasteiger partial charge < -0.3 is 9.38 Å². The molecule has 3 saturated heterocycles. The second-order valence-corrected chi connectivity index (χ2v) is 11.8. The highest BCUT2D eigenvalue weighted by Crippen LogP contribution is 2.24. The van der Waals surface area contributed by atoms with Crippen LogP contribution < -0.4 is 9.58 Å². The topological polar surface area (TPSA) is 52.9 Å². The first kappa shape index (κ1) is 28.2. The molecule has 8 heteroatoms. The van der Waals surface area contributed by atoms with Gasteiger partial charge in [-0.05, 0) is 41.8 Å². The van der Waals surface area contributed by atoms with Crippen LogP contribution in [0.25, 0.3) is 0 Å². The molecule has 3 aliphatic heterocycles. The third-order valence-electron chi connectivity index (χ3n) is 8.88. The lowest BCUT2D eigenvalue weighted by Crippen LogP contribution is -2.67. The first-order valence-electron chi connectivity index (χ1n) is 15.6. The summed E-state index contributed by atoms with van der Waals surface area (Å²) in [7, 11) is 0. The summed E-state index contributed by atoms with van der Waals surface area (Å²) in [5.41, 5.74) is 4.49. The van der Waals surface area contributed by atoms with Crippen molar-refractivity contribution < 1.29 is 9.16 Å². The van der Waals surface area contributed by atoms with E-state index in [4.69, 9.17) is 5.11 Å². The molecular formula is C34H44N8+2. The van der Waals surface area contributed by atoms with E-state index < -0.39 is 0 Å². The van der Waals surface area contributed by atoms with E-state index >= 15 is 0 Å².